The lowest BCUT2D eigenvalue weighted by molar-refractivity contribution is 0.168. The molecule has 0 bridgehead atoms. The first-order valence-electron chi connectivity index (χ1n) is 10.6. The Bertz CT molecular complexity index is 1000. The maximum Gasteiger partial charge on any atom is 0.319 e. The second-order valence-corrected chi connectivity index (χ2v) is 9.99. The molecule has 8 nitrogen and oxygen atoms in total. The molecule has 0 N–H and O–H groups in total. The highest BCUT2D eigenvalue weighted by Crippen LogP contribution is 2.24. The number of urea groups is 1. The van der Waals surface area contributed by atoms with Crippen molar-refractivity contribution in [1.29, 1.82) is 0 Å². The summed E-state index contributed by atoms with van der Waals surface area (Å²) in [5.74, 6) is 0.382. The van der Waals surface area contributed by atoms with Crippen LogP contribution < -0.4 is 9.21 Å². The summed E-state index contributed by atoms with van der Waals surface area (Å²) in [4.78, 5) is 22.1. The molecule has 1 aromatic heterocycles. The summed E-state index contributed by atoms with van der Waals surface area (Å²) in [5.41, 5.74) is 1.16. The van der Waals surface area contributed by atoms with E-state index < -0.39 is 10.0 Å². The molecular weight excluding hydrogens is 433 g/mol. The standard InChI is InChI=1S/C22H30FN5O3S/c1-4-15-32(30,31)28(17-18-5-7-19(23)8-6-18)20-9-10-21(24-16-20)26-11-13-27(14-12-26)22(29)25(2)3/h5-10,16H,4,11-15,17H2,1-3H3. The quantitative estimate of drug-likeness (QED) is 0.631. The molecule has 1 fully saturated rings. The first kappa shape index (κ1) is 23.8. The van der Waals surface area contributed by atoms with Gasteiger partial charge in [-0.15, -0.1) is 0 Å². The number of piperazine rings is 1. The number of nitrogens with zero attached hydrogens (tertiary/aromatic N) is 5. The molecule has 2 aromatic rings. The fourth-order valence-electron chi connectivity index (χ4n) is 3.60. The maximum absolute atomic E-state index is 13.3. The lowest BCUT2D eigenvalue weighted by Crippen LogP contribution is -2.51. The first-order valence-corrected chi connectivity index (χ1v) is 12.2. The van der Waals surface area contributed by atoms with Gasteiger partial charge in [0.1, 0.15) is 11.6 Å². The molecule has 174 valence electrons. The molecule has 0 unspecified atom stereocenters. The molecular formula is C22H30FN5O3S. The number of aromatic nitrogens is 1. The SMILES string of the molecule is CCCS(=O)(=O)N(Cc1ccc(F)cc1)c1ccc(N2CCN(C(=O)N(C)C)CC2)nc1. The second-order valence-electron chi connectivity index (χ2n) is 7.97. The van der Waals surface area contributed by atoms with Gasteiger partial charge >= 0.3 is 6.03 Å². The van der Waals surface area contributed by atoms with Gasteiger partial charge in [-0.05, 0) is 36.2 Å². The van der Waals surface area contributed by atoms with E-state index in [1.165, 1.54) is 16.4 Å². The Morgan fingerprint density at radius 1 is 1.06 bits per heavy atom. The van der Waals surface area contributed by atoms with Crippen molar-refractivity contribution < 1.29 is 17.6 Å². The number of pyridine rings is 1. The number of anilines is 2. The Morgan fingerprint density at radius 3 is 2.25 bits per heavy atom. The Kier molecular flexibility index (Phi) is 7.55. The molecule has 1 saturated heterocycles. The molecule has 0 spiro atoms. The van der Waals surface area contributed by atoms with Crippen molar-refractivity contribution in [2.45, 2.75) is 19.9 Å². The predicted molar refractivity (Wildman–Crippen MR) is 124 cm³/mol. The van der Waals surface area contributed by atoms with E-state index >= 15 is 0 Å². The summed E-state index contributed by atoms with van der Waals surface area (Å²) in [5, 5.41) is 0. The van der Waals surface area contributed by atoms with Gasteiger partial charge in [0.05, 0.1) is 24.2 Å². The zero-order chi connectivity index (χ0) is 23.3. The molecule has 0 atom stereocenters. The molecule has 10 heteroatoms. The minimum absolute atomic E-state index is 0.00878. The highest BCUT2D eigenvalue weighted by molar-refractivity contribution is 7.92. The number of hydrogen-bond acceptors (Lipinski definition) is 5. The number of amides is 2. The summed E-state index contributed by atoms with van der Waals surface area (Å²) >= 11 is 0. The predicted octanol–water partition coefficient (Wildman–Crippen LogP) is 2.77. The molecule has 2 heterocycles. The van der Waals surface area contributed by atoms with Crippen LogP contribution in [0.25, 0.3) is 0 Å². The van der Waals surface area contributed by atoms with E-state index in [0.29, 0.717) is 43.9 Å². The van der Waals surface area contributed by atoms with Crippen molar-refractivity contribution in [2.75, 3.05) is 55.2 Å². The number of hydrogen-bond donors (Lipinski definition) is 0. The summed E-state index contributed by atoms with van der Waals surface area (Å²) in [6.45, 7) is 4.42. The molecule has 0 saturated carbocycles. The van der Waals surface area contributed by atoms with Crippen molar-refractivity contribution >= 4 is 27.6 Å². The van der Waals surface area contributed by atoms with Gasteiger partial charge in [-0.1, -0.05) is 19.1 Å². The average Bonchev–Trinajstić information content (AvgIpc) is 2.78. The number of rotatable bonds is 7. The summed E-state index contributed by atoms with van der Waals surface area (Å²) in [6.07, 6.45) is 2.05. The molecule has 32 heavy (non-hydrogen) atoms. The van der Waals surface area contributed by atoms with Gasteiger partial charge in [0.2, 0.25) is 10.0 Å². The molecule has 3 rings (SSSR count). The van der Waals surface area contributed by atoms with Crippen LogP contribution in [0.3, 0.4) is 0 Å². The van der Waals surface area contributed by atoms with Crippen molar-refractivity contribution in [3.05, 3.63) is 54.0 Å². The third kappa shape index (κ3) is 5.67. The fourth-order valence-corrected chi connectivity index (χ4v) is 5.11. The van der Waals surface area contributed by atoms with Crippen LogP contribution in [0.1, 0.15) is 18.9 Å². The van der Waals surface area contributed by atoms with Gasteiger partial charge in [0, 0.05) is 40.3 Å². The summed E-state index contributed by atoms with van der Waals surface area (Å²) in [6, 6.07) is 9.35. The molecule has 1 aliphatic rings. The van der Waals surface area contributed by atoms with Crippen LogP contribution in [-0.2, 0) is 16.6 Å². The summed E-state index contributed by atoms with van der Waals surface area (Å²) < 4.78 is 40.4. The topological polar surface area (TPSA) is 77.1 Å². The van der Waals surface area contributed by atoms with Crippen LogP contribution in [0.4, 0.5) is 20.7 Å². The first-order chi connectivity index (χ1) is 15.2. The van der Waals surface area contributed by atoms with Crippen LogP contribution >= 0.6 is 0 Å². The number of carbonyl (C=O) groups excluding carboxylic acids is 1. The third-order valence-electron chi connectivity index (χ3n) is 5.31. The molecule has 0 aliphatic carbocycles. The number of carbonyl (C=O) groups is 1. The number of sulfonamides is 1. The fraction of sp³-hybridized carbons (Fsp3) is 0.455. The van der Waals surface area contributed by atoms with Gasteiger partial charge in [0.25, 0.3) is 0 Å². The van der Waals surface area contributed by atoms with E-state index in [1.807, 2.05) is 6.92 Å². The van der Waals surface area contributed by atoms with E-state index in [0.717, 1.165) is 5.82 Å². The van der Waals surface area contributed by atoms with Gasteiger partial charge in [0.15, 0.2) is 0 Å². The normalized spacial score (nSPS) is 14.4. The van der Waals surface area contributed by atoms with Crippen molar-refractivity contribution in [3.8, 4) is 0 Å². The molecule has 2 amide bonds. The highest BCUT2D eigenvalue weighted by Gasteiger charge is 2.25. The minimum atomic E-state index is -3.56. The Balaban J connectivity index is 1.76. The Labute approximate surface area is 189 Å². The highest BCUT2D eigenvalue weighted by atomic mass is 32.2. The van der Waals surface area contributed by atoms with Crippen LogP contribution in [0.5, 0.6) is 0 Å². The van der Waals surface area contributed by atoms with E-state index in [2.05, 4.69) is 9.88 Å². The molecule has 1 aromatic carbocycles. The lowest BCUT2D eigenvalue weighted by atomic mass is 10.2. The van der Waals surface area contributed by atoms with E-state index in [-0.39, 0.29) is 24.1 Å². The van der Waals surface area contributed by atoms with E-state index in [4.69, 9.17) is 0 Å². The van der Waals surface area contributed by atoms with Crippen LogP contribution in [0.15, 0.2) is 42.6 Å². The van der Waals surface area contributed by atoms with Crippen molar-refractivity contribution in [2.24, 2.45) is 0 Å². The van der Waals surface area contributed by atoms with Gasteiger partial charge in [-0.2, -0.15) is 0 Å². The third-order valence-corrected chi connectivity index (χ3v) is 7.25. The molecule has 0 radical (unpaired) electrons. The van der Waals surface area contributed by atoms with Gasteiger partial charge in [-0.25, -0.2) is 22.6 Å². The largest absolute Gasteiger partial charge is 0.353 e. The Morgan fingerprint density at radius 2 is 1.72 bits per heavy atom. The van der Waals surface area contributed by atoms with Crippen molar-refractivity contribution in [1.82, 2.24) is 14.8 Å². The Hall–Kier alpha value is -2.88. The number of halogens is 1. The van der Waals surface area contributed by atoms with Crippen LogP contribution in [0.2, 0.25) is 0 Å². The van der Waals surface area contributed by atoms with E-state index in [9.17, 15) is 17.6 Å². The zero-order valence-electron chi connectivity index (χ0n) is 18.7. The maximum atomic E-state index is 13.3. The minimum Gasteiger partial charge on any atom is -0.353 e. The monoisotopic (exact) mass is 463 g/mol. The van der Waals surface area contributed by atoms with Gasteiger partial charge < -0.3 is 14.7 Å². The van der Waals surface area contributed by atoms with Crippen LogP contribution in [0, 0.1) is 5.82 Å². The second kappa shape index (κ2) is 10.2. The zero-order valence-corrected chi connectivity index (χ0v) is 19.6. The average molecular weight is 464 g/mol. The smallest absolute Gasteiger partial charge is 0.319 e. The lowest BCUT2D eigenvalue weighted by Gasteiger charge is -2.36. The van der Waals surface area contributed by atoms with E-state index in [1.54, 1.807) is 54.4 Å². The number of benzene rings is 1. The van der Waals surface area contributed by atoms with Crippen molar-refractivity contribution in [3.63, 3.8) is 0 Å². The summed E-state index contributed by atoms with van der Waals surface area (Å²) in [7, 11) is -0.0885. The molecule has 1 aliphatic heterocycles. The van der Waals surface area contributed by atoms with Crippen LogP contribution in [-0.4, -0.2) is 75.3 Å². The van der Waals surface area contributed by atoms with Gasteiger partial charge in [-0.3, -0.25) is 4.31 Å².